The van der Waals surface area contributed by atoms with Crippen molar-refractivity contribution in [3.05, 3.63) is 87.9 Å². The zero-order valence-corrected chi connectivity index (χ0v) is 19.1. The Morgan fingerprint density at radius 1 is 0.970 bits per heavy atom. The van der Waals surface area contributed by atoms with E-state index in [1.165, 1.54) is 4.68 Å². The summed E-state index contributed by atoms with van der Waals surface area (Å²) in [5.74, 6) is -0.112. The van der Waals surface area contributed by atoms with Gasteiger partial charge in [-0.1, -0.05) is 41.9 Å². The summed E-state index contributed by atoms with van der Waals surface area (Å²) in [6, 6.07) is 17.0. The minimum absolute atomic E-state index is 0.112. The molecule has 33 heavy (non-hydrogen) atoms. The molecule has 8 heteroatoms. The number of carbonyl (C=O) groups excluding carboxylic acids is 1. The summed E-state index contributed by atoms with van der Waals surface area (Å²) in [4.78, 5) is 30.7. The maximum atomic E-state index is 13.6. The molecule has 0 unspecified atom stereocenters. The highest BCUT2D eigenvalue weighted by atomic mass is 35.5. The third-order valence-electron chi connectivity index (χ3n) is 6.08. The van der Waals surface area contributed by atoms with Crippen LogP contribution in [0.2, 0.25) is 5.02 Å². The Labute approximate surface area is 196 Å². The summed E-state index contributed by atoms with van der Waals surface area (Å²) in [7, 11) is 0. The van der Waals surface area contributed by atoms with E-state index in [-0.39, 0.29) is 11.5 Å². The predicted octanol–water partition coefficient (Wildman–Crippen LogP) is 3.77. The number of aromatic nitrogens is 3. The van der Waals surface area contributed by atoms with Gasteiger partial charge in [-0.2, -0.15) is 9.78 Å². The maximum absolute atomic E-state index is 13.6. The van der Waals surface area contributed by atoms with Crippen LogP contribution in [0, 0.1) is 0 Å². The van der Waals surface area contributed by atoms with E-state index in [2.05, 4.69) is 10.00 Å². The summed E-state index contributed by atoms with van der Waals surface area (Å²) in [5.41, 5.74) is 2.76. The molecule has 0 aromatic heterocycles. The molecule has 3 heterocycles. The van der Waals surface area contributed by atoms with Crippen LogP contribution in [0.25, 0.3) is 16.9 Å². The molecule has 168 valence electrons. The summed E-state index contributed by atoms with van der Waals surface area (Å²) >= 11 is 6.35. The number of pyridine rings is 1. The molecule has 0 atom stereocenters. The smallest absolute Gasteiger partial charge is 0.282 e. The lowest BCUT2D eigenvalue weighted by Crippen LogP contribution is -2.49. The molecule has 3 aliphatic rings. The predicted molar refractivity (Wildman–Crippen MR) is 130 cm³/mol. The molecule has 2 aromatic carbocycles. The van der Waals surface area contributed by atoms with Crippen LogP contribution in [0.4, 0.5) is 5.69 Å². The van der Waals surface area contributed by atoms with E-state index in [9.17, 15) is 9.59 Å². The SMILES string of the molecule is CCn1cc(C(=O)N2CCN(c3ccccc3Cl)CC2)c2nn(-c3ccccc3)c(=O)c-2c1. The van der Waals surface area contributed by atoms with Gasteiger partial charge in [-0.25, -0.2) is 0 Å². The lowest BCUT2D eigenvalue weighted by Gasteiger charge is -2.36. The Hall–Kier alpha value is -3.58. The highest BCUT2D eigenvalue weighted by Crippen LogP contribution is 2.28. The molecule has 7 nitrogen and oxygen atoms in total. The summed E-state index contributed by atoms with van der Waals surface area (Å²) in [6.45, 7) is 5.13. The molecule has 0 radical (unpaired) electrons. The van der Waals surface area contributed by atoms with Gasteiger partial charge < -0.3 is 14.4 Å². The Kier molecular flexibility index (Phi) is 5.64. The number of piperazine rings is 1. The van der Waals surface area contributed by atoms with Crippen LogP contribution in [0.1, 0.15) is 17.3 Å². The van der Waals surface area contributed by atoms with Crippen LogP contribution in [-0.2, 0) is 6.54 Å². The largest absolute Gasteiger partial charge is 0.367 e. The van der Waals surface area contributed by atoms with Crippen molar-refractivity contribution in [1.82, 2.24) is 19.2 Å². The van der Waals surface area contributed by atoms with E-state index in [1.807, 2.05) is 71.0 Å². The molecule has 0 saturated carbocycles. The topological polar surface area (TPSA) is 63.4 Å². The van der Waals surface area contributed by atoms with Crippen molar-refractivity contribution in [2.24, 2.45) is 0 Å². The van der Waals surface area contributed by atoms with Gasteiger partial charge in [0.1, 0.15) is 5.69 Å². The number of hydrogen-bond donors (Lipinski definition) is 0. The molecular weight excluding hydrogens is 438 g/mol. The second-order valence-corrected chi connectivity index (χ2v) is 8.45. The van der Waals surface area contributed by atoms with Crippen LogP contribution < -0.4 is 10.5 Å². The zero-order valence-electron chi connectivity index (χ0n) is 18.3. The second-order valence-electron chi connectivity index (χ2n) is 8.05. The van der Waals surface area contributed by atoms with Crippen LogP contribution in [0.3, 0.4) is 0 Å². The molecule has 0 bridgehead atoms. The number of aryl methyl sites for hydroxylation is 1. The molecule has 1 saturated heterocycles. The minimum Gasteiger partial charge on any atom is -0.367 e. The maximum Gasteiger partial charge on any atom is 0.282 e. The number of amides is 1. The Morgan fingerprint density at radius 3 is 2.36 bits per heavy atom. The standard InChI is InChI=1S/C25H24ClN5O2/c1-2-28-16-19(23-20(17-28)25(33)31(27-23)18-8-4-3-5-9-18)24(32)30-14-12-29(13-15-30)22-11-7-6-10-21(22)26/h3-11,16-17H,2,12-15H2,1H3. The van der Waals surface area contributed by atoms with E-state index < -0.39 is 0 Å². The lowest BCUT2D eigenvalue weighted by atomic mass is 10.1. The Morgan fingerprint density at radius 2 is 1.67 bits per heavy atom. The number of anilines is 1. The van der Waals surface area contributed by atoms with Gasteiger partial charge in [-0.05, 0) is 31.2 Å². The highest BCUT2D eigenvalue weighted by molar-refractivity contribution is 6.33. The van der Waals surface area contributed by atoms with Crippen molar-refractivity contribution in [3.8, 4) is 16.9 Å². The zero-order chi connectivity index (χ0) is 22.9. The van der Waals surface area contributed by atoms with E-state index in [0.717, 1.165) is 5.69 Å². The van der Waals surface area contributed by atoms with Crippen molar-refractivity contribution in [3.63, 3.8) is 0 Å². The number of fused-ring (bicyclic) bond motifs is 1. The lowest BCUT2D eigenvalue weighted by molar-refractivity contribution is 0.0746. The van der Waals surface area contributed by atoms with Crippen molar-refractivity contribution in [2.75, 3.05) is 31.1 Å². The number of halogens is 1. The van der Waals surface area contributed by atoms with Crippen molar-refractivity contribution in [1.29, 1.82) is 0 Å². The van der Waals surface area contributed by atoms with Gasteiger partial charge in [-0.3, -0.25) is 9.59 Å². The molecule has 5 rings (SSSR count). The fraction of sp³-hybridized carbons (Fsp3) is 0.240. The van der Waals surface area contributed by atoms with E-state index in [1.54, 1.807) is 12.4 Å². The Balaban J connectivity index is 1.46. The van der Waals surface area contributed by atoms with Crippen LogP contribution >= 0.6 is 11.6 Å². The fourth-order valence-corrected chi connectivity index (χ4v) is 4.53. The van der Waals surface area contributed by atoms with E-state index in [4.69, 9.17) is 11.6 Å². The van der Waals surface area contributed by atoms with Gasteiger partial charge in [-0.15, -0.1) is 0 Å². The monoisotopic (exact) mass is 461 g/mol. The summed E-state index contributed by atoms with van der Waals surface area (Å²) in [6.07, 6.45) is 3.57. The summed E-state index contributed by atoms with van der Waals surface area (Å²) in [5, 5.41) is 5.27. The molecule has 0 aliphatic carbocycles. The fourth-order valence-electron chi connectivity index (χ4n) is 4.27. The van der Waals surface area contributed by atoms with E-state index >= 15 is 0 Å². The molecular formula is C25H24ClN5O2. The van der Waals surface area contributed by atoms with Gasteiger partial charge in [0.2, 0.25) is 0 Å². The third kappa shape index (κ3) is 3.89. The molecule has 3 aliphatic heterocycles. The van der Waals surface area contributed by atoms with Gasteiger partial charge in [0, 0.05) is 45.1 Å². The number of hydrogen-bond acceptors (Lipinski definition) is 4. The van der Waals surface area contributed by atoms with Crippen molar-refractivity contribution >= 4 is 23.2 Å². The number of carbonyl (C=O) groups is 1. The van der Waals surface area contributed by atoms with Crippen molar-refractivity contribution < 1.29 is 4.79 Å². The van der Waals surface area contributed by atoms with Crippen molar-refractivity contribution in [2.45, 2.75) is 13.5 Å². The van der Waals surface area contributed by atoms with Gasteiger partial charge in [0.15, 0.2) is 0 Å². The second kappa shape index (κ2) is 8.75. The summed E-state index contributed by atoms with van der Waals surface area (Å²) < 4.78 is 3.24. The van der Waals surface area contributed by atoms with Gasteiger partial charge in [0.05, 0.1) is 27.5 Å². The quantitative estimate of drug-likeness (QED) is 0.464. The number of benzene rings is 2. The number of nitrogens with zero attached hydrogens (tertiary/aromatic N) is 5. The Bertz CT molecular complexity index is 1320. The minimum atomic E-state index is -0.225. The normalized spacial score (nSPS) is 14.1. The first-order valence-electron chi connectivity index (χ1n) is 11.0. The average molecular weight is 462 g/mol. The molecule has 1 fully saturated rings. The third-order valence-corrected chi connectivity index (χ3v) is 6.40. The van der Waals surface area contributed by atoms with Crippen LogP contribution in [0.5, 0.6) is 0 Å². The number of rotatable bonds is 4. The van der Waals surface area contributed by atoms with Crippen LogP contribution in [-0.4, -0.2) is 51.3 Å². The van der Waals surface area contributed by atoms with Gasteiger partial charge >= 0.3 is 0 Å². The number of para-hydroxylation sites is 2. The first kappa shape index (κ1) is 21.3. The molecule has 2 aromatic rings. The molecule has 0 N–H and O–H groups in total. The highest BCUT2D eigenvalue weighted by Gasteiger charge is 2.29. The van der Waals surface area contributed by atoms with Gasteiger partial charge in [0.25, 0.3) is 11.5 Å². The average Bonchev–Trinajstić information content (AvgIpc) is 3.20. The first-order valence-corrected chi connectivity index (χ1v) is 11.4. The first-order chi connectivity index (χ1) is 16.1. The molecule has 0 spiro atoms. The van der Waals surface area contributed by atoms with Crippen LogP contribution in [0.15, 0.2) is 71.8 Å². The molecule has 1 amide bonds. The van der Waals surface area contributed by atoms with E-state index in [0.29, 0.717) is 60.3 Å².